The van der Waals surface area contributed by atoms with E-state index in [0.29, 0.717) is 43.4 Å². The fraction of sp³-hybridized carbons (Fsp3) is 0.148. The fourth-order valence-corrected chi connectivity index (χ4v) is 8.25. The maximum Gasteiger partial charge on any atom is 1.00 e. The van der Waals surface area contributed by atoms with E-state index in [4.69, 9.17) is 48.5 Å². The number of fused-ring (bicyclic) bond motifs is 4. The smallest absolute Gasteiger partial charge is 0.870 e. The molecule has 68 heavy (non-hydrogen) atoms. The molecular weight excluding hydrogens is 860 g/mol. The standard InChI is InChI=1S/C28H25NO5.C26H21NO5.Li.H2O/c1-2-31-26(30)14-19-6-3-4-9-25(19)33-16-18-12-20-10-11-32-27(20)24(13-18)23-8-5-7-22-21(15-29)17-34-28(22)23;27-13-19-15-32-26-20(19)5-3-6-21(26)22-11-16(10-18-8-9-30-25(18)22)14-31-23-7-2-1-4-17(23)12-24(28)29;;/h3-13,17H,2,14-16,29H2,1H3;1-11,15H,12-14,27H2,(H,28,29);;1H2/q;;+1;/p-1. The maximum atomic E-state index is 12.0. The molecule has 0 saturated heterocycles. The summed E-state index contributed by atoms with van der Waals surface area (Å²) in [7, 11) is 0. The number of rotatable bonds is 15. The van der Waals surface area contributed by atoms with E-state index in [-0.39, 0.29) is 49.8 Å². The van der Waals surface area contributed by atoms with Crippen molar-refractivity contribution in [2.75, 3.05) is 6.61 Å². The van der Waals surface area contributed by atoms with Crippen molar-refractivity contribution in [2.45, 2.75) is 46.1 Å². The molecule has 0 aliphatic carbocycles. The molecule has 0 fully saturated rings. The minimum absolute atomic E-state index is 0. The van der Waals surface area contributed by atoms with Crippen molar-refractivity contribution in [1.82, 2.24) is 0 Å². The Labute approximate surface area is 402 Å². The van der Waals surface area contributed by atoms with Gasteiger partial charge in [0.15, 0.2) is 0 Å². The van der Waals surface area contributed by atoms with Crippen LogP contribution in [0.3, 0.4) is 0 Å². The predicted molar refractivity (Wildman–Crippen MR) is 254 cm³/mol. The second kappa shape index (κ2) is 21.9. The number of hydrogen-bond acceptors (Lipinski definition) is 12. The van der Waals surface area contributed by atoms with E-state index in [2.05, 4.69) is 6.07 Å². The molecule has 0 unspecified atom stereocenters. The van der Waals surface area contributed by atoms with E-state index >= 15 is 0 Å². The van der Waals surface area contributed by atoms with Crippen LogP contribution in [0.4, 0.5) is 0 Å². The summed E-state index contributed by atoms with van der Waals surface area (Å²) >= 11 is 0. The third-order valence-electron chi connectivity index (χ3n) is 11.3. The van der Waals surface area contributed by atoms with Gasteiger partial charge in [-0.1, -0.05) is 72.8 Å². The minimum atomic E-state index is -0.897. The molecule has 0 saturated carbocycles. The quantitative estimate of drug-likeness (QED) is 0.0652. The summed E-state index contributed by atoms with van der Waals surface area (Å²) in [4.78, 5) is 23.1. The van der Waals surface area contributed by atoms with Gasteiger partial charge in [0, 0.05) is 79.1 Å². The molecule has 14 heteroatoms. The van der Waals surface area contributed by atoms with Gasteiger partial charge in [-0.3, -0.25) is 9.59 Å². The molecule has 0 amide bonds. The Morgan fingerprint density at radius 3 is 1.47 bits per heavy atom. The minimum Gasteiger partial charge on any atom is -0.870 e. The predicted octanol–water partition coefficient (Wildman–Crippen LogP) is 8.33. The molecule has 0 atom stereocenters. The van der Waals surface area contributed by atoms with Crippen LogP contribution in [0.5, 0.6) is 11.5 Å². The van der Waals surface area contributed by atoms with Gasteiger partial charge < -0.3 is 53.9 Å². The van der Waals surface area contributed by atoms with Crippen LogP contribution < -0.4 is 39.8 Å². The van der Waals surface area contributed by atoms with Crippen LogP contribution in [-0.2, 0) is 53.5 Å². The number of furan rings is 4. The number of para-hydroxylation sites is 4. The third-order valence-corrected chi connectivity index (χ3v) is 11.3. The average molecular weight is 907 g/mol. The zero-order valence-corrected chi connectivity index (χ0v) is 37.5. The van der Waals surface area contributed by atoms with Crippen LogP contribution in [0.25, 0.3) is 66.1 Å². The van der Waals surface area contributed by atoms with E-state index < -0.39 is 5.97 Å². The Morgan fingerprint density at radius 1 is 0.544 bits per heavy atom. The number of ether oxygens (including phenoxy) is 3. The summed E-state index contributed by atoms with van der Waals surface area (Å²) in [6.07, 6.45) is 6.82. The number of carbonyl (C=O) groups is 2. The molecule has 0 bridgehead atoms. The normalized spacial score (nSPS) is 10.9. The zero-order chi connectivity index (χ0) is 45.6. The summed E-state index contributed by atoms with van der Waals surface area (Å²) in [5, 5.41) is 13.1. The Bertz CT molecular complexity index is 3340. The first-order valence-corrected chi connectivity index (χ1v) is 21.5. The van der Waals surface area contributed by atoms with Crippen LogP contribution in [0, 0.1) is 0 Å². The number of carboxylic acids is 1. The SMILES string of the molecule is CCOC(=O)Cc1ccccc1OCc1cc(-c2cccc3c(CN)coc23)c2occc2c1.NCc1coc2c(-c3cc(COc4ccccc4CC(=O)O)cc4ccoc34)cccc12.[Li+].[OH-]. The third kappa shape index (κ3) is 10.2. The largest absolute Gasteiger partial charge is 1.00 e. The van der Waals surface area contributed by atoms with E-state index in [1.807, 2.05) is 97.1 Å². The first-order valence-electron chi connectivity index (χ1n) is 21.5. The molecule has 6 N–H and O–H groups in total. The van der Waals surface area contributed by atoms with Crippen molar-refractivity contribution in [1.29, 1.82) is 0 Å². The summed E-state index contributed by atoms with van der Waals surface area (Å²) < 4.78 is 40.6. The van der Waals surface area contributed by atoms with E-state index in [0.717, 1.165) is 93.9 Å². The van der Waals surface area contributed by atoms with Crippen molar-refractivity contribution in [3.63, 3.8) is 0 Å². The molecule has 0 aliphatic heterocycles. The molecule has 4 aromatic heterocycles. The molecule has 4 heterocycles. The van der Waals surface area contributed by atoms with Crippen LogP contribution in [0.1, 0.15) is 40.3 Å². The summed E-state index contributed by atoms with van der Waals surface area (Å²) in [5.74, 6) is 0.0465. The Hall–Kier alpha value is -7.50. The monoisotopic (exact) mass is 906 g/mol. The number of hydrogen-bond donors (Lipinski definition) is 3. The van der Waals surface area contributed by atoms with Gasteiger partial charge in [-0.25, -0.2) is 0 Å². The van der Waals surface area contributed by atoms with E-state index in [1.54, 1.807) is 50.2 Å². The van der Waals surface area contributed by atoms with Crippen molar-refractivity contribution >= 4 is 55.8 Å². The van der Waals surface area contributed by atoms with Gasteiger partial charge >= 0.3 is 30.8 Å². The molecular formula is C54H47LiN2O11. The van der Waals surface area contributed by atoms with Crippen LogP contribution in [0.15, 0.2) is 164 Å². The molecule has 340 valence electrons. The van der Waals surface area contributed by atoms with Crippen molar-refractivity contribution in [3.8, 4) is 33.8 Å². The van der Waals surface area contributed by atoms with Gasteiger partial charge in [-0.15, -0.1) is 0 Å². The van der Waals surface area contributed by atoms with Gasteiger partial charge in [0.25, 0.3) is 0 Å². The van der Waals surface area contributed by atoms with Gasteiger partial charge in [-0.05, 0) is 66.6 Å². The first-order chi connectivity index (χ1) is 32.3. The zero-order valence-electron chi connectivity index (χ0n) is 37.5. The fourth-order valence-electron chi connectivity index (χ4n) is 8.25. The number of esters is 1. The van der Waals surface area contributed by atoms with Gasteiger partial charge in [0.05, 0.1) is 44.5 Å². The number of carbonyl (C=O) groups excluding carboxylic acids is 1. The second-order valence-corrected chi connectivity index (χ2v) is 15.6. The number of carboxylic acid groups (broad SMARTS) is 1. The first kappa shape index (κ1) is 48.4. The van der Waals surface area contributed by atoms with Crippen LogP contribution in [0.2, 0.25) is 0 Å². The van der Waals surface area contributed by atoms with Crippen molar-refractivity contribution in [3.05, 3.63) is 180 Å². The van der Waals surface area contributed by atoms with Gasteiger partial charge in [-0.2, -0.15) is 0 Å². The van der Waals surface area contributed by atoms with E-state index in [9.17, 15) is 9.59 Å². The molecule has 10 aromatic rings. The maximum absolute atomic E-state index is 12.0. The van der Waals surface area contributed by atoms with Crippen molar-refractivity contribution < 1.29 is 70.9 Å². The van der Waals surface area contributed by atoms with Crippen molar-refractivity contribution in [2.24, 2.45) is 11.5 Å². The number of aliphatic carboxylic acids is 1. The average Bonchev–Trinajstić information content (AvgIpc) is 4.17. The molecule has 0 spiro atoms. The second-order valence-electron chi connectivity index (χ2n) is 15.6. The topological polar surface area (TPSA) is 217 Å². The Kier molecular flexibility index (Phi) is 15.6. The summed E-state index contributed by atoms with van der Waals surface area (Å²) in [6.45, 7) is 3.57. The molecule has 6 aromatic carbocycles. The Morgan fingerprint density at radius 2 is 1.01 bits per heavy atom. The number of benzene rings is 6. The number of nitrogens with two attached hydrogens (primary N) is 2. The van der Waals surface area contributed by atoms with E-state index in [1.165, 1.54) is 0 Å². The Balaban J connectivity index is 0.000000196. The molecule has 0 radical (unpaired) electrons. The molecule has 13 nitrogen and oxygen atoms in total. The van der Waals surface area contributed by atoms with Crippen LogP contribution >= 0.6 is 0 Å². The van der Waals surface area contributed by atoms with Gasteiger partial charge in [0.2, 0.25) is 0 Å². The van der Waals surface area contributed by atoms with Gasteiger partial charge in [0.1, 0.15) is 47.0 Å². The summed E-state index contributed by atoms with van der Waals surface area (Å²) in [5.41, 5.74) is 23.7. The summed E-state index contributed by atoms with van der Waals surface area (Å²) in [6, 6.07) is 38.7. The van der Waals surface area contributed by atoms with Crippen LogP contribution in [-0.4, -0.2) is 29.1 Å². The molecule has 0 aliphatic rings. The molecule has 10 rings (SSSR count).